The fourth-order valence-electron chi connectivity index (χ4n) is 0.481. The van der Waals surface area contributed by atoms with Crippen molar-refractivity contribution in [1.29, 1.82) is 0 Å². The highest BCUT2D eigenvalue weighted by Crippen LogP contribution is 2.25. The van der Waals surface area contributed by atoms with Crippen LogP contribution in [0.3, 0.4) is 0 Å². The molecule has 0 aromatic carbocycles. The second-order valence-electron chi connectivity index (χ2n) is 1.96. The molecule has 0 saturated carbocycles. The first-order valence-electron chi connectivity index (χ1n) is 3.51. The number of carbonyl (C=O) groups is 1. The maximum atomic E-state index is 10.8. The van der Waals surface area contributed by atoms with Crippen LogP contribution in [-0.4, -0.2) is 25.8 Å². The van der Waals surface area contributed by atoms with E-state index in [-0.39, 0.29) is 12.6 Å². The van der Waals surface area contributed by atoms with Crippen LogP contribution in [0.4, 0.5) is 0 Å². The molecular formula is C7H9I3O3. The Morgan fingerprint density at radius 1 is 1.23 bits per heavy atom. The van der Waals surface area contributed by atoms with Crippen molar-refractivity contribution in [3.8, 4) is 0 Å². The number of hydrogen-bond donors (Lipinski definition) is 0. The topological polar surface area (TPSA) is 35.5 Å². The third-order valence-corrected chi connectivity index (χ3v) is 5.18. The first-order chi connectivity index (χ1) is 6.07. The zero-order valence-electron chi connectivity index (χ0n) is 6.98. The van der Waals surface area contributed by atoms with Gasteiger partial charge in [-0.3, -0.25) is 0 Å². The van der Waals surface area contributed by atoms with Crippen molar-refractivity contribution < 1.29 is 14.3 Å². The highest BCUT2D eigenvalue weighted by molar-refractivity contribution is 14.2. The van der Waals surface area contributed by atoms with Crippen molar-refractivity contribution in [3.05, 3.63) is 5.17 Å². The van der Waals surface area contributed by atoms with Crippen molar-refractivity contribution in [2.24, 2.45) is 0 Å². The zero-order valence-corrected chi connectivity index (χ0v) is 13.5. The van der Waals surface area contributed by atoms with Gasteiger partial charge in [0, 0.05) is 3.58 Å². The Labute approximate surface area is 118 Å². The second-order valence-corrected chi connectivity index (χ2v) is 7.49. The van der Waals surface area contributed by atoms with E-state index in [9.17, 15) is 4.79 Å². The lowest BCUT2D eigenvalue weighted by Crippen LogP contribution is -2.12. The van der Waals surface area contributed by atoms with Gasteiger partial charge in [0.15, 0.2) is 0 Å². The molecule has 0 aromatic rings. The summed E-state index contributed by atoms with van der Waals surface area (Å²) >= 11 is 6.60. The molecule has 0 atom stereocenters. The number of hydrogen-bond acceptors (Lipinski definition) is 3. The van der Waals surface area contributed by atoms with Crippen molar-refractivity contribution in [2.45, 2.75) is 6.92 Å². The van der Waals surface area contributed by atoms with Gasteiger partial charge in [0.1, 0.15) is 6.61 Å². The van der Waals surface area contributed by atoms with E-state index in [0.717, 1.165) is 5.17 Å². The summed E-state index contributed by atoms with van der Waals surface area (Å²) < 4.78 is 12.1. The molecule has 3 nitrogen and oxygen atoms in total. The van der Waals surface area contributed by atoms with Crippen LogP contribution in [-0.2, 0) is 14.3 Å². The lowest BCUT2D eigenvalue weighted by atomic mass is 10.6. The molecule has 0 radical (unpaired) electrons. The lowest BCUT2D eigenvalue weighted by molar-refractivity contribution is -0.147. The van der Waals surface area contributed by atoms with E-state index in [2.05, 4.69) is 67.8 Å². The maximum Gasteiger partial charge on any atom is 0.332 e. The van der Waals surface area contributed by atoms with Crippen molar-refractivity contribution >= 4 is 73.7 Å². The summed E-state index contributed by atoms with van der Waals surface area (Å²) in [4.78, 5) is 10.8. The van der Waals surface area contributed by atoms with E-state index in [0.29, 0.717) is 13.2 Å². The smallest absolute Gasteiger partial charge is 0.332 e. The van der Waals surface area contributed by atoms with Gasteiger partial charge < -0.3 is 9.47 Å². The Hall–Kier alpha value is 1.36. The molecule has 76 valence electrons. The van der Waals surface area contributed by atoms with Crippen LogP contribution in [0.2, 0.25) is 0 Å². The Kier molecular flexibility index (Phi) is 9.56. The van der Waals surface area contributed by atoms with Crippen LogP contribution in [0.1, 0.15) is 6.92 Å². The van der Waals surface area contributed by atoms with Crippen molar-refractivity contribution in [2.75, 3.05) is 19.8 Å². The average Bonchev–Trinajstić information content (AvgIpc) is 2.04. The predicted octanol–water partition coefficient (Wildman–Crippen LogP) is 3.04. The number of carbonyl (C=O) groups excluding carboxylic acids is 1. The molecule has 6 heteroatoms. The summed E-state index contributed by atoms with van der Waals surface area (Å²) in [5.41, 5.74) is 0. The summed E-state index contributed by atoms with van der Waals surface area (Å²) in [5, 5.41) is 0. The Bertz CT molecular complexity index is 199. The van der Waals surface area contributed by atoms with Crippen LogP contribution in [0.15, 0.2) is 5.17 Å². The molecule has 0 bridgehead atoms. The van der Waals surface area contributed by atoms with Crippen LogP contribution in [0.5, 0.6) is 0 Å². The third-order valence-electron chi connectivity index (χ3n) is 0.959. The van der Waals surface area contributed by atoms with Gasteiger partial charge >= 0.3 is 5.97 Å². The van der Waals surface area contributed by atoms with Crippen molar-refractivity contribution in [1.82, 2.24) is 0 Å². The number of halogens is 3. The predicted molar refractivity (Wildman–Crippen MR) is 76.5 cm³/mol. The quantitative estimate of drug-likeness (QED) is 0.412. The minimum absolute atomic E-state index is 0.0287. The van der Waals surface area contributed by atoms with Gasteiger partial charge in [-0.15, -0.1) is 0 Å². The zero-order chi connectivity index (χ0) is 10.3. The SMILES string of the molecule is CCOC(=O)COCC(I)=C(I)I. The largest absolute Gasteiger partial charge is 0.464 e. The van der Waals surface area contributed by atoms with Crippen LogP contribution in [0.25, 0.3) is 0 Å². The molecule has 0 aromatic heterocycles. The first-order valence-corrected chi connectivity index (χ1v) is 6.74. The van der Waals surface area contributed by atoms with Crippen molar-refractivity contribution in [3.63, 3.8) is 0 Å². The molecule has 0 rings (SSSR count). The molecule has 0 unspecified atom stereocenters. The molecule has 0 aliphatic heterocycles. The molecule has 0 aliphatic carbocycles. The Balaban J connectivity index is 3.57. The van der Waals surface area contributed by atoms with E-state index in [1.807, 2.05) is 0 Å². The molecule has 0 aliphatic rings. The molecule has 0 heterocycles. The Morgan fingerprint density at radius 3 is 2.31 bits per heavy atom. The second kappa shape index (κ2) is 8.65. The average molecular weight is 522 g/mol. The summed E-state index contributed by atoms with van der Waals surface area (Å²) in [6.45, 7) is 2.68. The Morgan fingerprint density at radius 2 is 1.85 bits per heavy atom. The lowest BCUT2D eigenvalue weighted by Gasteiger charge is -2.03. The van der Waals surface area contributed by atoms with Crippen LogP contribution >= 0.6 is 67.8 Å². The van der Waals surface area contributed by atoms with Gasteiger partial charge in [0.25, 0.3) is 0 Å². The first kappa shape index (κ1) is 14.4. The van der Waals surface area contributed by atoms with E-state index in [1.54, 1.807) is 6.92 Å². The van der Waals surface area contributed by atoms with E-state index in [1.165, 1.54) is 0 Å². The molecule has 0 fully saturated rings. The number of ether oxygens (including phenoxy) is 2. The molecular weight excluding hydrogens is 513 g/mol. The number of esters is 1. The fourth-order valence-corrected chi connectivity index (χ4v) is 1.01. The third kappa shape index (κ3) is 8.36. The highest BCUT2D eigenvalue weighted by atomic mass is 127. The van der Waals surface area contributed by atoms with Gasteiger partial charge in [0.2, 0.25) is 0 Å². The summed E-state index contributed by atoms with van der Waals surface area (Å²) in [6, 6.07) is 0. The van der Waals surface area contributed by atoms with Gasteiger partial charge in [-0.1, -0.05) is 0 Å². The summed E-state index contributed by atoms with van der Waals surface area (Å²) in [6.07, 6.45) is 0. The standard InChI is InChI=1S/C7H9I3O3/c1-2-13-6(11)4-12-3-5(8)7(9)10/h2-4H2,1H3. The van der Waals surface area contributed by atoms with Gasteiger partial charge in [-0.2, -0.15) is 0 Å². The maximum absolute atomic E-state index is 10.8. The van der Waals surface area contributed by atoms with Gasteiger partial charge in [-0.05, 0) is 74.7 Å². The van der Waals surface area contributed by atoms with Gasteiger partial charge in [-0.25, -0.2) is 4.79 Å². The van der Waals surface area contributed by atoms with E-state index in [4.69, 9.17) is 9.47 Å². The highest BCUT2D eigenvalue weighted by Gasteiger charge is 2.03. The minimum Gasteiger partial charge on any atom is -0.464 e. The molecule has 0 N–H and O–H groups in total. The fraction of sp³-hybridized carbons (Fsp3) is 0.571. The molecule has 0 saturated heterocycles. The monoisotopic (exact) mass is 522 g/mol. The summed E-state index contributed by atoms with van der Waals surface area (Å²) in [7, 11) is 0. The summed E-state index contributed by atoms with van der Waals surface area (Å²) in [5.74, 6) is -0.310. The normalized spacial score (nSPS) is 9.54. The molecule has 0 amide bonds. The molecule has 0 spiro atoms. The van der Waals surface area contributed by atoms with Gasteiger partial charge in [0.05, 0.1) is 14.8 Å². The number of rotatable bonds is 5. The van der Waals surface area contributed by atoms with Crippen LogP contribution < -0.4 is 0 Å². The molecule has 13 heavy (non-hydrogen) atoms. The van der Waals surface area contributed by atoms with E-state index < -0.39 is 0 Å². The van der Waals surface area contributed by atoms with Crippen LogP contribution in [0, 0.1) is 0 Å². The van der Waals surface area contributed by atoms with E-state index >= 15 is 0 Å². The minimum atomic E-state index is -0.310.